The molecule has 110 valence electrons. The second kappa shape index (κ2) is 6.99. The Bertz CT molecular complexity index is 420. The van der Waals surface area contributed by atoms with Gasteiger partial charge >= 0.3 is 0 Å². The molecule has 0 saturated carbocycles. The molecule has 0 aliphatic carbocycles. The molecule has 1 rings (SSSR count). The summed E-state index contributed by atoms with van der Waals surface area (Å²) in [4.78, 5) is 0. The number of hydrogen-bond acceptors (Lipinski definition) is 1. The minimum Gasteiger partial charge on any atom is -0.386 e. The summed E-state index contributed by atoms with van der Waals surface area (Å²) in [6.07, 6.45) is 5.69. The van der Waals surface area contributed by atoms with Crippen LogP contribution >= 0.6 is 0 Å². The van der Waals surface area contributed by atoms with Gasteiger partial charge in [-0.1, -0.05) is 65.7 Å². The highest BCUT2D eigenvalue weighted by Gasteiger charge is 2.48. The van der Waals surface area contributed by atoms with E-state index < -0.39 is 8.24 Å². The Hall–Kier alpha value is -1.20. The highest BCUT2D eigenvalue weighted by molar-refractivity contribution is 6.86. The van der Waals surface area contributed by atoms with Crippen LogP contribution in [-0.4, -0.2) is 14.8 Å². The molecular formula is C18H29NSi. The van der Waals surface area contributed by atoms with Gasteiger partial charge in [-0.2, -0.15) is 0 Å². The van der Waals surface area contributed by atoms with E-state index in [2.05, 4.69) is 82.4 Å². The molecule has 0 amide bonds. The fraction of sp³-hybridized carbons (Fsp3) is 0.556. The number of anilines is 1. The van der Waals surface area contributed by atoms with E-state index in [1.165, 1.54) is 5.69 Å². The van der Waals surface area contributed by atoms with Crippen LogP contribution in [0, 0.1) is 12.3 Å². The van der Waals surface area contributed by atoms with Crippen LogP contribution in [0.3, 0.4) is 0 Å². The first-order valence-corrected chi connectivity index (χ1v) is 9.83. The molecular weight excluding hydrogens is 258 g/mol. The van der Waals surface area contributed by atoms with Crippen LogP contribution in [0.15, 0.2) is 30.3 Å². The lowest BCUT2D eigenvalue weighted by atomic mass is 10.3. The topological polar surface area (TPSA) is 3.24 Å². The van der Waals surface area contributed by atoms with Crippen LogP contribution in [0.4, 0.5) is 5.69 Å². The van der Waals surface area contributed by atoms with Gasteiger partial charge in [0.15, 0.2) is 8.24 Å². The number of nitrogens with zero attached hydrogens (tertiary/aromatic N) is 1. The highest BCUT2D eigenvalue weighted by atomic mass is 28.3. The summed E-state index contributed by atoms with van der Waals surface area (Å²) in [5.41, 5.74) is 3.27. The second-order valence-corrected chi connectivity index (χ2v) is 12.3. The van der Waals surface area contributed by atoms with Crippen molar-refractivity contribution < 1.29 is 0 Å². The number of benzene rings is 1. The van der Waals surface area contributed by atoms with Gasteiger partial charge in [-0.25, -0.2) is 0 Å². The van der Waals surface area contributed by atoms with E-state index in [1.807, 2.05) is 0 Å². The Morgan fingerprint density at radius 2 is 1.40 bits per heavy atom. The lowest BCUT2D eigenvalue weighted by Gasteiger charge is -2.51. The van der Waals surface area contributed by atoms with E-state index in [0.717, 1.165) is 0 Å². The van der Waals surface area contributed by atoms with Crippen LogP contribution in [-0.2, 0) is 0 Å². The van der Waals surface area contributed by atoms with E-state index in [-0.39, 0.29) is 0 Å². The lowest BCUT2D eigenvalue weighted by Crippen LogP contribution is -2.60. The van der Waals surface area contributed by atoms with Gasteiger partial charge in [0, 0.05) is 5.69 Å². The molecule has 2 heteroatoms. The van der Waals surface area contributed by atoms with Crippen LogP contribution < -0.4 is 4.57 Å². The van der Waals surface area contributed by atoms with Crippen LogP contribution in [0.1, 0.15) is 41.5 Å². The Labute approximate surface area is 126 Å². The molecule has 0 atom stereocenters. The zero-order chi connectivity index (χ0) is 15.3. The van der Waals surface area contributed by atoms with Gasteiger partial charge < -0.3 is 4.57 Å². The first-order chi connectivity index (χ1) is 9.38. The van der Waals surface area contributed by atoms with Crippen molar-refractivity contribution in [2.24, 2.45) is 0 Å². The minimum absolute atomic E-state index is 0.663. The van der Waals surface area contributed by atoms with E-state index >= 15 is 0 Å². The number of para-hydroxylation sites is 1. The smallest absolute Gasteiger partial charge is 0.165 e. The molecule has 0 fully saturated rings. The maximum absolute atomic E-state index is 5.69. The lowest BCUT2D eigenvalue weighted by molar-refractivity contribution is 0.785. The quantitative estimate of drug-likeness (QED) is 0.507. The molecule has 1 nitrogen and oxygen atoms in total. The molecule has 0 N–H and O–H groups in total. The predicted octanol–water partition coefficient (Wildman–Crippen LogP) is 5.30. The number of terminal acetylenes is 1. The van der Waals surface area contributed by atoms with Crippen molar-refractivity contribution in [2.75, 3.05) is 11.1 Å². The predicted molar refractivity (Wildman–Crippen MR) is 93.7 cm³/mol. The van der Waals surface area contributed by atoms with Crippen LogP contribution in [0.5, 0.6) is 0 Å². The molecule has 20 heavy (non-hydrogen) atoms. The maximum atomic E-state index is 5.69. The SMILES string of the molecule is C#CCN(c1ccccc1)[Si](C(C)C)(C(C)C)C(C)C. The molecule has 0 bridgehead atoms. The average Bonchev–Trinajstić information content (AvgIpc) is 2.38. The third-order valence-corrected chi connectivity index (χ3v) is 11.5. The summed E-state index contributed by atoms with van der Waals surface area (Å²) >= 11 is 0. The van der Waals surface area contributed by atoms with Gasteiger partial charge in [0.1, 0.15) is 0 Å². The van der Waals surface area contributed by atoms with E-state index in [0.29, 0.717) is 23.2 Å². The van der Waals surface area contributed by atoms with Crippen molar-refractivity contribution in [3.63, 3.8) is 0 Å². The van der Waals surface area contributed by atoms with Crippen molar-refractivity contribution >= 4 is 13.9 Å². The normalized spacial score (nSPS) is 12.0. The molecule has 0 unspecified atom stereocenters. The van der Waals surface area contributed by atoms with Gasteiger partial charge in [0.05, 0.1) is 6.54 Å². The molecule has 0 spiro atoms. The average molecular weight is 288 g/mol. The summed E-state index contributed by atoms with van der Waals surface area (Å²) in [6, 6.07) is 10.7. The summed E-state index contributed by atoms with van der Waals surface area (Å²) < 4.78 is 2.58. The summed E-state index contributed by atoms with van der Waals surface area (Å²) in [5.74, 6) is 2.90. The summed E-state index contributed by atoms with van der Waals surface area (Å²) in [5, 5.41) is 0. The zero-order valence-electron chi connectivity index (χ0n) is 13.9. The Morgan fingerprint density at radius 1 is 0.950 bits per heavy atom. The molecule has 0 aliphatic rings. The van der Waals surface area contributed by atoms with Gasteiger partial charge in [-0.3, -0.25) is 0 Å². The molecule has 0 radical (unpaired) electrons. The third-order valence-electron chi connectivity index (χ3n) is 4.56. The van der Waals surface area contributed by atoms with Crippen LogP contribution in [0.2, 0.25) is 16.6 Å². The standard InChI is InChI=1S/C18H29NSi/c1-8-14-19(18-12-10-9-11-13-18)20(15(2)3,16(4)5)17(6)7/h1,9-13,15-17H,14H2,2-7H3. The molecule has 0 aliphatic heterocycles. The molecule has 0 heterocycles. The third kappa shape index (κ3) is 2.93. The van der Waals surface area contributed by atoms with Gasteiger partial charge in [0.25, 0.3) is 0 Å². The fourth-order valence-electron chi connectivity index (χ4n) is 4.09. The van der Waals surface area contributed by atoms with Gasteiger partial charge in [-0.15, -0.1) is 6.42 Å². The van der Waals surface area contributed by atoms with Crippen molar-refractivity contribution in [3.8, 4) is 12.3 Å². The monoisotopic (exact) mass is 287 g/mol. The minimum atomic E-state index is -1.73. The van der Waals surface area contributed by atoms with Crippen molar-refractivity contribution in [3.05, 3.63) is 30.3 Å². The number of hydrogen-bond donors (Lipinski definition) is 0. The summed E-state index contributed by atoms with van der Waals surface area (Å²) in [7, 11) is -1.73. The molecule has 1 aromatic rings. The summed E-state index contributed by atoms with van der Waals surface area (Å²) in [6.45, 7) is 15.0. The number of rotatable bonds is 6. The first-order valence-electron chi connectivity index (χ1n) is 7.65. The molecule has 0 saturated heterocycles. The highest BCUT2D eigenvalue weighted by Crippen LogP contribution is 2.45. The van der Waals surface area contributed by atoms with Gasteiger partial charge in [-0.05, 0) is 28.8 Å². The van der Waals surface area contributed by atoms with Crippen molar-refractivity contribution in [1.29, 1.82) is 0 Å². The Balaban J connectivity index is 3.44. The Kier molecular flexibility index (Phi) is 5.89. The van der Waals surface area contributed by atoms with E-state index in [9.17, 15) is 0 Å². The van der Waals surface area contributed by atoms with Crippen molar-refractivity contribution in [2.45, 2.75) is 58.2 Å². The zero-order valence-corrected chi connectivity index (χ0v) is 14.9. The van der Waals surface area contributed by atoms with Crippen LogP contribution in [0.25, 0.3) is 0 Å². The van der Waals surface area contributed by atoms with Crippen molar-refractivity contribution in [1.82, 2.24) is 0 Å². The second-order valence-electron chi connectivity index (χ2n) is 6.48. The Morgan fingerprint density at radius 3 is 1.75 bits per heavy atom. The van der Waals surface area contributed by atoms with Gasteiger partial charge in [0.2, 0.25) is 0 Å². The van der Waals surface area contributed by atoms with E-state index in [4.69, 9.17) is 6.42 Å². The first kappa shape index (κ1) is 16.9. The molecule has 1 aromatic carbocycles. The maximum Gasteiger partial charge on any atom is 0.165 e. The largest absolute Gasteiger partial charge is 0.386 e. The fourth-order valence-corrected chi connectivity index (χ4v) is 10.9. The van der Waals surface area contributed by atoms with E-state index in [1.54, 1.807) is 0 Å². The molecule has 0 aromatic heterocycles.